The van der Waals surface area contributed by atoms with Crippen LogP contribution in [0, 0.1) is 13.8 Å². The van der Waals surface area contributed by atoms with Gasteiger partial charge in [0, 0.05) is 36.7 Å². The van der Waals surface area contributed by atoms with Gasteiger partial charge in [0.15, 0.2) is 5.82 Å². The van der Waals surface area contributed by atoms with Gasteiger partial charge in [-0.1, -0.05) is 31.5 Å². The van der Waals surface area contributed by atoms with E-state index >= 15 is 0 Å². The third-order valence-corrected chi connectivity index (χ3v) is 6.63. The molecule has 29 heavy (non-hydrogen) atoms. The molecule has 1 saturated heterocycles. The largest absolute Gasteiger partial charge is 0.369 e. The van der Waals surface area contributed by atoms with E-state index in [0.717, 1.165) is 51.4 Å². The van der Waals surface area contributed by atoms with Crippen LogP contribution in [-0.2, 0) is 6.54 Å². The molecule has 1 unspecified atom stereocenters. The summed E-state index contributed by atoms with van der Waals surface area (Å²) < 4.78 is 1.99. The highest BCUT2D eigenvalue weighted by molar-refractivity contribution is 7.09. The Kier molecular flexibility index (Phi) is 6.25. The highest BCUT2D eigenvalue weighted by Gasteiger charge is 2.29. The maximum Gasteiger partial charge on any atom is 0.168 e. The Hall–Kier alpha value is -2.25. The first-order chi connectivity index (χ1) is 14.2. The van der Waals surface area contributed by atoms with Crippen molar-refractivity contribution in [3.8, 4) is 0 Å². The van der Waals surface area contributed by atoms with Gasteiger partial charge in [-0.3, -0.25) is 4.90 Å². The molecular formula is C22H30N6S. The van der Waals surface area contributed by atoms with Crippen molar-refractivity contribution < 1.29 is 0 Å². The molecule has 6 nitrogen and oxygen atoms in total. The van der Waals surface area contributed by atoms with Gasteiger partial charge >= 0.3 is 0 Å². The van der Waals surface area contributed by atoms with Crippen molar-refractivity contribution in [2.24, 2.45) is 0 Å². The predicted octanol–water partition coefficient (Wildman–Crippen LogP) is 4.06. The minimum Gasteiger partial charge on any atom is -0.369 e. The van der Waals surface area contributed by atoms with E-state index in [0.29, 0.717) is 0 Å². The van der Waals surface area contributed by atoms with Crippen LogP contribution in [-0.4, -0.2) is 51.3 Å². The van der Waals surface area contributed by atoms with Crippen LogP contribution in [0.2, 0.25) is 0 Å². The average Bonchev–Trinajstić information content (AvgIpc) is 3.41. The summed E-state index contributed by atoms with van der Waals surface area (Å²) in [5, 5.41) is 14.9. The molecule has 4 rings (SSSR count). The van der Waals surface area contributed by atoms with Crippen molar-refractivity contribution in [3.05, 3.63) is 57.5 Å². The molecule has 0 aliphatic carbocycles. The summed E-state index contributed by atoms with van der Waals surface area (Å²) in [5.74, 6) is 1.00. The fourth-order valence-corrected chi connectivity index (χ4v) is 4.88. The summed E-state index contributed by atoms with van der Waals surface area (Å²) in [4.78, 5) is 6.38. The maximum absolute atomic E-state index is 4.44. The second-order valence-electron chi connectivity index (χ2n) is 7.89. The molecule has 154 valence electrons. The van der Waals surface area contributed by atoms with Crippen LogP contribution in [0.4, 0.5) is 5.69 Å². The molecule has 7 heteroatoms. The SMILES string of the molecule is CCCC(c1nnnn1Cc1cccs1)N1CCN(c2cc(C)ccc2C)CC1. The zero-order valence-corrected chi connectivity index (χ0v) is 18.4. The second-order valence-corrected chi connectivity index (χ2v) is 8.92. The number of aromatic nitrogens is 4. The van der Waals surface area contributed by atoms with E-state index in [9.17, 15) is 0 Å². The Morgan fingerprint density at radius 1 is 1.10 bits per heavy atom. The van der Waals surface area contributed by atoms with Crippen molar-refractivity contribution in [2.75, 3.05) is 31.1 Å². The first-order valence-corrected chi connectivity index (χ1v) is 11.4. The van der Waals surface area contributed by atoms with Crippen LogP contribution in [0.5, 0.6) is 0 Å². The molecule has 0 spiro atoms. The van der Waals surface area contributed by atoms with E-state index in [2.05, 4.69) is 81.8 Å². The van der Waals surface area contributed by atoms with E-state index < -0.39 is 0 Å². The maximum atomic E-state index is 4.44. The minimum absolute atomic E-state index is 0.274. The van der Waals surface area contributed by atoms with Gasteiger partial charge in [-0.25, -0.2) is 4.68 Å². The Morgan fingerprint density at radius 2 is 1.93 bits per heavy atom. The lowest BCUT2D eigenvalue weighted by molar-refractivity contribution is 0.164. The molecule has 0 radical (unpaired) electrons. The van der Waals surface area contributed by atoms with E-state index in [-0.39, 0.29) is 6.04 Å². The van der Waals surface area contributed by atoms with E-state index in [1.165, 1.54) is 21.7 Å². The van der Waals surface area contributed by atoms with Crippen LogP contribution in [0.3, 0.4) is 0 Å². The summed E-state index contributed by atoms with van der Waals surface area (Å²) in [6.45, 7) is 11.5. The fraction of sp³-hybridized carbons (Fsp3) is 0.500. The molecule has 3 heterocycles. The number of tetrazole rings is 1. The highest BCUT2D eigenvalue weighted by Crippen LogP contribution is 2.28. The summed E-state index contributed by atoms with van der Waals surface area (Å²) in [7, 11) is 0. The van der Waals surface area contributed by atoms with Crippen molar-refractivity contribution >= 4 is 17.0 Å². The molecule has 1 atom stereocenters. The molecule has 2 aromatic heterocycles. The Morgan fingerprint density at radius 3 is 2.66 bits per heavy atom. The summed E-state index contributed by atoms with van der Waals surface area (Å²) in [5.41, 5.74) is 4.05. The van der Waals surface area contributed by atoms with Crippen LogP contribution in [0.15, 0.2) is 35.7 Å². The zero-order chi connectivity index (χ0) is 20.2. The van der Waals surface area contributed by atoms with Crippen molar-refractivity contribution in [1.29, 1.82) is 0 Å². The first kappa shape index (κ1) is 20.0. The van der Waals surface area contributed by atoms with Gasteiger partial charge in [0.1, 0.15) is 0 Å². The minimum atomic E-state index is 0.274. The number of aryl methyl sites for hydroxylation is 2. The summed E-state index contributed by atoms with van der Waals surface area (Å²) >= 11 is 1.75. The van der Waals surface area contributed by atoms with Crippen LogP contribution >= 0.6 is 11.3 Å². The van der Waals surface area contributed by atoms with Gasteiger partial charge in [0.2, 0.25) is 0 Å². The van der Waals surface area contributed by atoms with Crippen LogP contribution in [0.25, 0.3) is 0 Å². The number of rotatable bonds is 7. The standard InChI is InChI=1S/C22H30N6S/c1-4-6-20(22-23-24-25-28(22)16-19-7-5-14-29-19)26-10-12-27(13-11-26)21-15-17(2)8-9-18(21)3/h5,7-9,14-15,20H,4,6,10-13,16H2,1-3H3. The smallest absolute Gasteiger partial charge is 0.168 e. The fourth-order valence-electron chi connectivity index (χ4n) is 4.20. The number of benzene rings is 1. The lowest BCUT2D eigenvalue weighted by atomic mass is 10.1. The van der Waals surface area contributed by atoms with E-state index in [4.69, 9.17) is 0 Å². The number of nitrogens with zero attached hydrogens (tertiary/aromatic N) is 6. The van der Waals surface area contributed by atoms with Crippen molar-refractivity contribution in [3.63, 3.8) is 0 Å². The Bertz CT molecular complexity index is 911. The summed E-state index contributed by atoms with van der Waals surface area (Å²) in [6, 6.07) is 11.2. The normalized spacial score (nSPS) is 16.3. The molecule has 1 aromatic carbocycles. The van der Waals surface area contributed by atoms with Gasteiger partial charge in [-0.05, 0) is 59.3 Å². The average molecular weight is 411 g/mol. The molecule has 1 fully saturated rings. The quantitative estimate of drug-likeness (QED) is 0.588. The molecule has 0 bridgehead atoms. The third kappa shape index (κ3) is 4.51. The zero-order valence-electron chi connectivity index (χ0n) is 17.6. The number of anilines is 1. The first-order valence-electron chi connectivity index (χ1n) is 10.5. The number of thiophene rings is 1. The molecule has 0 amide bonds. The topological polar surface area (TPSA) is 50.1 Å². The van der Waals surface area contributed by atoms with Gasteiger partial charge in [-0.15, -0.1) is 16.4 Å². The summed E-state index contributed by atoms with van der Waals surface area (Å²) in [6.07, 6.45) is 2.20. The van der Waals surface area contributed by atoms with Crippen LogP contribution < -0.4 is 4.90 Å². The molecular weight excluding hydrogens is 380 g/mol. The van der Waals surface area contributed by atoms with Gasteiger partial charge in [0.25, 0.3) is 0 Å². The molecule has 1 aliphatic rings. The van der Waals surface area contributed by atoms with Gasteiger partial charge in [0.05, 0.1) is 12.6 Å². The number of piperazine rings is 1. The van der Waals surface area contributed by atoms with Crippen molar-refractivity contribution in [2.45, 2.75) is 46.2 Å². The third-order valence-electron chi connectivity index (χ3n) is 5.77. The molecule has 3 aromatic rings. The highest BCUT2D eigenvalue weighted by atomic mass is 32.1. The predicted molar refractivity (Wildman–Crippen MR) is 119 cm³/mol. The second kappa shape index (κ2) is 9.05. The Labute approximate surface area is 177 Å². The van der Waals surface area contributed by atoms with Crippen LogP contribution in [0.1, 0.15) is 47.6 Å². The number of hydrogen-bond acceptors (Lipinski definition) is 6. The Balaban J connectivity index is 1.48. The van der Waals surface area contributed by atoms with Gasteiger partial charge in [-0.2, -0.15) is 0 Å². The molecule has 0 N–H and O–H groups in total. The lowest BCUT2D eigenvalue weighted by Gasteiger charge is -2.40. The van der Waals surface area contributed by atoms with E-state index in [1.807, 2.05) is 4.68 Å². The number of hydrogen-bond donors (Lipinski definition) is 0. The van der Waals surface area contributed by atoms with Gasteiger partial charge < -0.3 is 4.90 Å². The van der Waals surface area contributed by atoms with E-state index in [1.54, 1.807) is 11.3 Å². The molecule has 1 aliphatic heterocycles. The lowest BCUT2D eigenvalue weighted by Crippen LogP contribution is -2.48. The monoisotopic (exact) mass is 410 g/mol. The van der Waals surface area contributed by atoms with Crippen molar-refractivity contribution in [1.82, 2.24) is 25.1 Å². The molecule has 0 saturated carbocycles.